The molecule has 1 unspecified atom stereocenters. The Bertz CT molecular complexity index is 622. The molecule has 1 atom stereocenters. The van der Waals surface area contributed by atoms with Crippen LogP contribution < -0.4 is 20.1 Å². The first-order chi connectivity index (χ1) is 12.3. The van der Waals surface area contributed by atoms with Gasteiger partial charge in [-0.2, -0.15) is 0 Å². The minimum atomic E-state index is -0.243. The number of fused-ring (bicyclic) bond motifs is 1. The second kappa shape index (κ2) is 7.22. The minimum Gasteiger partial charge on any atom is -0.486 e. The standard InChI is InChI=1S/C19H26N2O4/c22-18(15-12-23-8-7-20-15)21-13-19(5-1-2-6-19)14-3-4-16-17(11-14)25-10-9-24-16/h3-4,11,15,20H,1-2,5-10,12-13H2,(H,21,22). The number of nitrogens with one attached hydrogen (secondary N) is 2. The van der Waals surface area contributed by atoms with Crippen molar-refractivity contribution in [2.75, 3.05) is 39.5 Å². The molecule has 25 heavy (non-hydrogen) atoms. The maximum absolute atomic E-state index is 12.5. The predicted octanol–water partition coefficient (Wildman–Crippen LogP) is 1.37. The molecule has 2 aliphatic heterocycles. The van der Waals surface area contributed by atoms with Crippen LogP contribution in [0.4, 0.5) is 0 Å². The van der Waals surface area contributed by atoms with Gasteiger partial charge in [-0.1, -0.05) is 18.9 Å². The number of ether oxygens (including phenoxy) is 3. The summed E-state index contributed by atoms with van der Waals surface area (Å²) in [6.45, 7) is 3.69. The van der Waals surface area contributed by atoms with E-state index in [9.17, 15) is 4.79 Å². The van der Waals surface area contributed by atoms with Crippen molar-refractivity contribution in [3.63, 3.8) is 0 Å². The van der Waals surface area contributed by atoms with Gasteiger partial charge in [-0.3, -0.25) is 4.79 Å². The lowest BCUT2D eigenvalue weighted by molar-refractivity contribution is -0.126. The van der Waals surface area contributed by atoms with Crippen molar-refractivity contribution in [1.82, 2.24) is 10.6 Å². The van der Waals surface area contributed by atoms with Crippen LogP contribution in [-0.4, -0.2) is 51.5 Å². The number of morpholine rings is 1. The van der Waals surface area contributed by atoms with E-state index in [1.807, 2.05) is 6.07 Å². The van der Waals surface area contributed by atoms with Gasteiger partial charge in [0.25, 0.3) is 0 Å². The van der Waals surface area contributed by atoms with E-state index in [0.29, 0.717) is 33.0 Å². The number of hydrogen-bond donors (Lipinski definition) is 2. The van der Waals surface area contributed by atoms with Crippen LogP contribution in [-0.2, 0) is 14.9 Å². The molecule has 2 fully saturated rings. The summed E-state index contributed by atoms with van der Waals surface area (Å²) >= 11 is 0. The third-order valence-electron chi connectivity index (χ3n) is 5.55. The first-order valence-electron chi connectivity index (χ1n) is 9.26. The average Bonchev–Trinajstić information content (AvgIpc) is 3.16. The Hall–Kier alpha value is -1.79. The molecule has 6 nitrogen and oxygen atoms in total. The van der Waals surface area contributed by atoms with Gasteiger partial charge >= 0.3 is 0 Å². The van der Waals surface area contributed by atoms with E-state index in [0.717, 1.165) is 30.9 Å². The molecular formula is C19H26N2O4. The van der Waals surface area contributed by atoms with Crippen molar-refractivity contribution in [3.8, 4) is 11.5 Å². The van der Waals surface area contributed by atoms with Gasteiger partial charge in [-0.15, -0.1) is 0 Å². The molecule has 0 aromatic heterocycles. The van der Waals surface area contributed by atoms with Gasteiger partial charge in [0.1, 0.15) is 19.3 Å². The Labute approximate surface area is 148 Å². The predicted molar refractivity (Wildman–Crippen MR) is 93.2 cm³/mol. The summed E-state index contributed by atoms with van der Waals surface area (Å²) in [4.78, 5) is 12.5. The van der Waals surface area contributed by atoms with Crippen LogP contribution in [0.15, 0.2) is 18.2 Å². The molecule has 1 aromatic carbocycles. The summed E-state index contributed by atoms with van der Waals surface area (Å²) in [5.74, 6) is 1.67. The fraction of sp³-hybridized carbons (Fsp3) is 0.632. The molecule has 0 bridgehead atoms. The quantitative estimate of drug-likeness (QED) is 0.862. The number of carbonyl (C=O) groups is 1. The van der Waals surface area contributed by atoms with E-state index >= 15 is 0 Å². The number of amides is 1. The van der Waals surface area contributed by atoms with Crippen LogP contribution >= 0.6 is 0 Å². The first-order valence-corrected chi connectivity index (χ1v) is 9.26. The molecule has 0 radical (unpaired) electrons. The highest BCUT2D eigenvalue weighted by Crippen LogP contribution is 2.43. The van der Waals surface area contributed by atoms with Crippen molar-refractivity contribution in [2.24, 2.45) is 0 Å². The van der Waals surface area contributed by atoms with Crippen LogP contribution in [0.25, 0.3) is 0 Å². The topological polar surface area (TPSA) is 68.8 Å². The SMILES string of the molecule is O=C(NCC1(c2ccc3c(c2)OCCO3)CCCC1)C1COCCN1. The third-order valence-corrected chi connectivity index (χ3v) is 5.55. The zero-order valence-corrected chi connectivity index (χ0v) is 14.5. The zero-order chi connectivity index (χ0) is 17.1. The molecule has 3 aliphatic rings. The Kier molecular flexibility index (Phi) is 4.81. The third kappa shape index (κ3) is 3.46. The number of benzene rings is 1. The molecule has 0 spiro atoms. The van der Waals surface area contributed by atoms with E-state index in [1.54, 1.807) is 0 Å². The summed E-state index contributed by atoms with van der Waals surface area (Å²) in [7, 11) is 0. The lowest BCUT2D eigenvalue weighted by atomic mass is 9.78. The molecule has 2 heterocycles. The number of rotatable bonds is 4. The molecule has 136 valence electrons. The van der Waals surface area contributed by atoms with Gasteiger partial charge in [0.05, 0.1) is 13.2 Å². The van der Waals surface area contributed by atoms with E-state index in [4.69, 9.17) is 14.2 Å². The summed E-state index contributed by atoms with van der Waals surface area (Å²) < 4.78 is 16.8. The maximum Gasteiger partial charge on any atom is 0.239 e. The monoisotopic (exact) mass is 346 g/mol. The number of hydrogen-bond acceptors (Lipinski definition) is 5. The van der Waals surface area contributed by atoms with Gasteiger partial charge in [0.15, 0.2) is 11.5 Å². The summed E-state index contributed by atoms with van der Waals surface area (Å²) in [5, 5.41) is 6.37. The lowest BCUT2D eigenvalue weighted by Crippen LogP contribution is -2.53. The summed E-state index contributed by atoms with van der Waals surface area (Å²) in [6.07, 6.45) is 4.55. The second-order valence-corrected chi connectivity index (χ2v) is 7.15. The van der Waals surface area contributed by atoms with Crippen LogP contribution in [0.3, 0.4) is 0 Å². The van der Waals surface area contributed by atoms with Crippen LogP contribution in [0, 0.1) is 0 Å². The van der Waals surface area contributed by atoms with Gasteiger partial charge in [-0.25, -0.2) is 0 Å². The van der Waals surface area contributed by atoms with E-state index in [-0.39, 0.29) is 17.4 Å². The normalized spacial score (nSPS) is 24.7. The molecule has 1 saturated carbocycles. The molecule has 6 heteroatoms. The minimum absolute atomic E-state index is 0.0129. The second-order valence-electron chi connectivity index (χ2n) is 7.15. The molecule has 1 aliphatic carbocycles. The Morgan fingerprint density at radius 2 is 1.96 bits per heavy atom. The van der Waals surface area contributed by atoms with Crippen molar-refractivity contribution < 1.29 is 19.0 Å². The summed E-state index contributed by atoms with van der Waals surface area (Å²) in [6, 6.07) is 6.00. The molecule has 1 aromatic rings. The molecule has 1 saturated heterocycles. The highest BCUT2D eigenvalue weighted by atomic mass is 16.6. The van der Waals surface area contributed by atoms with Crippen LogP contribution in [0.2, 0.25) is 0 Å². The smallest absolute Gasteiger partial charge is 0.239 e. The fourth-order valence-corrected chi connectivity index (χ4v) is 4.11. The van der Waals surface area contributed by atoms with Gasteiger partial charge in [0.2, 0.25) is 5.91 Å². The highest BCUT2D eigenvalue weighted by Gasteiger charge is 2.37. The molecule has 2 N–H and O–H groups in total. The van der Waals surface area contributed by atoms with Crippen LogP contribution in [0.5, 0.6) is 11.5 Å². The van der Waals surface area contributed by atoms with Crippen molar-refractivity contribution in [2.45, 2.75) is 37.1 Å². The zero-order valence-electron chi connectivity index (χ0n) is 14.5. The number of carbonyl (C=O) groups excluding carboxylic acids is 1. The highest BCUT2D eigenvalue weighted by molar-refractivity contribution is 5.82. The van der Waals surface area contributed by atoms with Crippen molar-refractivity contribution >= 4 is 5.91 Å². The van der Waals surface area contributed by atoms with E-state index < -0.39 is 0 Å². The van der Waals surface area contributed by atoms with Gasteiger partial charge in [0, 0.05) is 18.5 Å². The molecule has 1 amide bonds. The largest absolute Gasteiger partial charge is 0.486 e. The summed E-state index contributed by atoms with van der Waals surface area (Å²) in [5.41, 5.74) is 1.23. The van der Waals surface area contributed by atoms with Gasteiger partial charge < -0.3 is 24.8 Å². The lowest BCUT2D eigenvalue weighted by Gasteiger charge is -2.32. The Morgan fingerprint density at radius 3 is 2.72 bits per heavy atom. The van der Waals surface area contributed by atoms with E-state index in [2.05, 4.69) is 22.8 Å². The van der Waals surface area contributed by atoms with Gasteiger partial charge in [-0.05, 0) is 30.5 Å². The fourth-order valence-electron chi connectivity index (χ4n) is 4.11. The van der Waals surface area contributed by atoms with Crippen molar-refractivity contribution in [1.29, 1.82) is 0 Å². The first kappa shape index (κ1) is 16.7. The maximum atomic E-state index is 12.5. The Balaban J connectivity index is 1.48. The molecule has 4 rings (SSSR count). The van der Waals surface area contributed by atoms with Crippen LogP contribution in [0.1, 0.15) is 31.2 Å². The average molecular weight is 346 g/mol. The Morgan fingerprint density at radius 1 is 1.16 bits per heavy atom. The molecular weight excluding hydrogens is 320 g/mol. The van der Waals surface area contributed by atoms with E-state index in [1.165, 1.54) is 18.4 Å². The van der Waals surface area contributed by atoms with Crippen molar-refractivity contribution in [3.05, 3.63) is 23.8 Å².